The molecule has 3 rings (SSSR count). The van der Waals surface area contributed by atoms with Gasteiger partial charge in [-0.2, -0.15) is 0 Å². The van der Waals surface area contributed by atoms with Crippen LogP contribution in [0.4, 0.5) is 0 Å². The Morgan fingerprint density at radius 1 is 1.13 bits per heavy atom. The van der Waals surface area contributed by atoms with E-state index in [0.29, 0.717) is 36.0 Å². The molecule has 0 heterocycles. The third kappa shape index (κ3) is 5.11. The number of hydrogen-bond donors (Lipinski definition) is 2. The molecule has 0 aliphatic heterocycles. The first-order valence-corrected chi connectivity index (χ1v) is 12.6. The molecule has 0 amide bonds. The highest BCUT2D eigenvalue weighted by molar-refractivity contribution is 5.38. The second kappa shape index (κ2) is 9.40. The van der Waals surface area contributed by atoms with Crippen LogP contribution in [0.3, 0.4) is 0 Å². The minimum Gasteiger partial charge on any atom is -0.393 e. The van der Waals surface area contributed by atoms with Crippen LogP contribution < -0.4 is 0 Å². The molecule has 0 aromatic rings. The van der Waals surface area contributed by atoms with Crippen LogP contribution in [0.15, 0.2) is 47.6 Å². The van der Waals surface area contributed by atoms with Crippen LogP contribution >= 0.6 is 0 Å². The Bertz CT molecular complexity index is 753. The van der Waals surface area contributed by atoms with Crippen LogP contribution in [0.1, 0.15) is 86.5 Å². The van der Waals surface area contributed by atoms with E-state index < -0.39 is 12.2 Å². The van der Waals surface area contributed by atoms with Crippen LogP contribution in [0.5, 0.6) is 0 Å². The van der Waals surface area contributed by atoms with Gasteiger partial charge in [-0.15, -0.1) is 0 Å². The molecule has 0 saturated heterocycles. The maximum Gasteiger partial charge on any atom is 0.0811 e. The molecule has 0 aromatic carbocycles. The molecule has 2 nitrogen and oxygen atoms in total. The smallest absolute Gasteiger partial charge is 0.0811 e. The molecule has 3 aliphatic rings. The summed E-state index contributed by atoms with van der Waals surface area (Å²) >= 11 is 0. The van der Waals surface area contributed by atoms with Gasteiger partial charge in [0.05, 0.1) is 12.2 Å². The summed E-state index contributed by atoms with van der Waals surface area (Å²) in [6, 6.07) is 0. The molecule has 0 aromatic heterocycles. The van der Waals surface area contributed by atoms with E-state index in [1.54, 1.807) is 5.57 Å². The summed E-state index contributed by atoms with van der Waals surface area (Å²) in [6.45, 7) is 18.4. The van der Waals surface area contributed by atoms with E-state index in [9.17, 15) is 10.2 Å². The highest BCUT2D eigenvalue weighted by Crippen LogP contribution is 2.59. The Morgan fingerprint density at radius 3 is 2.52 bits per heavy atom. The van der Waals surface area contributed by atoms with Crippen molar-refractivity contribution in [1.29, 1.82) is 0 Å². The number of hydrogen-bond acceptors (Lipinski definition) is 2. The van der Waals surface area contributed by atoms with Gasteiger partial charge in [-0.05, 0) is 84.2 Å². The zero-order valence-corrected chi connectivity index (χ0v) is 20.8. The van der Waals surface area contributed by atoms with Crippen LogP contribution in [0.25, 0.3) is 0 Å². The highest BCUT2D eigenvalue weighted by Gasteiger charge is 2.50. The summed E-state index contributed by atoms with van der Waals surface area (Å²) in [5, 5.41) is 20.2. The summed E-state index contributed by atoms with van der Waals surface area (Å²) in [5.41, 5.74) is 4.00. The van der Waals surface area contributed by atoms with Gasteiger partial charge < -0.3 is 10.2 Å². The lowest BCUT2D eigenvalue weighted by Gasteiger charge is -2.44. The predicted molar refractivity (Wildman–Crippen MR) is 132 cm³/mol. The molecule has 2 heteroatoms. The first-order valence-electron chi connectivity index (χ1n) is 12.6. The number of rotatable bonds is 5. The third-order valence-electron chi connectivity index (χ3n) is 9.25. The highest BCUT2D eigenvalue weighted by atomic mass is 16.3. The van der Waals surface area contributed by atoms with Crippen molar-refractivity contribution in [2.24, 2.45) is 34.5 Å². The summed E-state index contributed by atoms with van der Waals surface area (Å²) in [6.07, 6.45) is 15.8. The average molecular weight is 427 g/mol. The predicted octanol–water partition coefficient (Wildman–Crippen LogP) is 7.00. The monoisotopic (exact) mass is 426 g/mol. The summed E-state index contributed by atoms with van der Waals surface area (Å²) in [4.78, 5) is 0. The van der Waals surface area contributed by atoms with Gasteiger partial charge in [-0.1, -0.05) is 78.0 Å². The lowest BCUT2D eigenvalue weighted by Crippen LogP contribution is -2.35. The molecule has 3 aliphatic carbocycles. The number of fused-ring (bicyclic) bond motifs is 1. The molecule has 3 saturated carbocycles. The van der Waals surface area contributed by atoms with E-state index in [1.165, 1.54) is 32.1 Å². The average Bonchev–Trinajstić information content (AvgIpc) is 3.05. The van der Waals surface area contributed by atoms with Crippen LogP contribution in [-0.2, 0) is 0 Å². The van der Waals surface area contributed by atoms with Gasteiger partial charge in [0.25, 0.3) is 0 Å². The first kappa shape index (κ1) is 24.5. The molecule has 2 N–H and O–H groups in total. The van der Waals surface area contributed by atoms with E-state index in [4.69, 9.17) is 0 Å². The van der Waals surface area contributed by atoms with Crippen molar-refractivity contribution in [3.8, 4) is 0 Å². The van der Waals surface area contributed by atoms with Gasteiger partial charge in [0.15, 0.2) is 0 Å². The van der Waals surface area contributed by atoms with Gasteiger partial charge in [0.1, 0.15) is 0 Å². The largest absolute Gasteiger partial charge is 0.393 e. The van der Waals surface area contributed by atoms with Crippen molar-refractivity contribution in [1.82, 2.24) is 0 Å². The molecular formula is C29H46O2. The van der Waals surface area contributed by atoms with Crippen molar-refractivity contribution < 1.29 is 10.2 Å². The van der Waals surface area contributed by atoms with E-state index in [-0.39, 0.29) is 5.41 Å². The molecule has 0 radical (unpaired) electrons. The lowest BCUT2D eigenvalue weighted by atomic mass is 9.61. The van der Waals surface area contributed by atoms with Gasteiger partial charge >= 0.3 is 0 Å². The van der Waals surface area contributed by atoms with Crippen LogP contribution in [-0.4, -0.2) is 22.4 Å². The fourth-order valence-corrected chi connectivity index (χ4v) is 6.33. The molecule has 6 atom stereocenters. The number of aliphatic hydroxyl groups is 2. The van der Waals surface area contributed by atoms with Gasteiger partial charge in [-0.3, -0.25) is 0 Å². The van der Waals surface area contributed by atoms with Crippen LogP contribution in [0, 0.1) is 34.5 Å². The number of allylic oxidation sites excluding steroid dienone is 5. The Balaban J connectivity index is 1.78. The Hall–Kier alpha value is -1.12. The Morgan fingerprint density at radius 2 is 1.84 bits per heavy atom. The van der Waals surface area contributed by atoms with Crippen molar-refractivity contribution in [3.63, 3.8) is 0 Å². The van der Waals surface area contributed by atoms with Gasteiger partial charge in [0.2, 0.25) is 0 Å². The molecule has 0 spiro atoms. The van der Waals surface area contributed by atoms with Crippen molar-refractivity contribution >= 4 is 0 Å². The lowest BCUT2D eigenvalue weighted by molar-refractivity contribution is 0.0862. The molecule has 0 unspecified atom stereocenters. The minimum atomic E-state index is -0.608. The van der Waals surface area contributed by atoms with Crippen molar-refractivity contribution in [2.45, 2.75) is 98.7 Å². The Labute approximate surface area is 191 Å². The quantitative estimate of drug-likeness (QED) is 0.465. The standard InChI is InChI=1S/C29H46O2/c1-19(2)28(5,6)16-14-20(3)25-12-13-26-22(9-8-15-29(25,26)7)10-11-23-17-24(30)18-27(31)21(23)4/h10-11,14,16,19-20,24-27,30-31H,4,8-9,12-13,15,17-18H2,1-3,5-7H3/b16-14+,22-10+,23-11-/t20-,24-,25-,26+,27+,29-/m1/s1. The fourth-order valence-electron chi connectivity index (χ4n) is 6.33. The van der Waals surface area contributed by atoms with Crippen LogP contribution in [0.2, 0.25) is 0 Å². The number of aliphatic hydroxyl groups excluding tert-OH is 2. The van der Waals surface area contributed by atoms with Crippen molar-refractivity contribution in [2.75, 3.05) is 0 Å². The topological polar surface area (TPSA) is 40.5 Å². The maximum atomic E-state index is 10.2. The summed E-state index contributed by atoms with van der Waals surface area (Å²) in [5.74, 6) is 2.64. The normalized spacial score (nSPS) is 38.4. The molecule has 174 valence electrons. The fraction of sp³-hybridized carbons (Fsp3) is 0.724. The van der Waals surface area contributed by atoms with Gasteiger partial charge in [-0.25, -0.2) is 0 Å². The zero-order valence-electron chi connectivity index (χ0n) is 20.8. The third-order valence-corrected chi connectivity index (χ3v) is 9.25. The molecule has 3 fully saturated rings. The molecular weight excluding hydrogens is 380 g/mol. The second-order valence-corrected chi connectivity index (χ2v) is 11.9. The summed E-state index contributed by atoms with van der Waals surface area (Å²) in [7, 11) is 0. The van der Waals surface area contributed by atoms with E-state index in [0.717, 1.165) is 17.1 Å². The SMILES string of the molecule is C=C1/C(=C\C=C2/CCC[C@]3(C)[C@@H]([C@H](C)/C=C/C(C)(C)C(C)C)CC[C@@H]23)C[C@@H](O)C[C@@H]1O. The summed E-state index contributed by atoms with van der Waals surface area (Å²) < 4.78 is 0. The molecule has 31 heavy (non-hydrogen) atoms. The Kier molecular flexibility index (Phi) is 7.43. The second-order valence-electron chi connectivity index (χ2n) is 11.9. The first-order chi connectivity index (χ1) is 14.5. The van der Waals surface area contributed by atoms with Crippen molar-refractivity contribution in [3.05, 3.63) is 47.6 Å². The van der Waals surface area contributed by atoms with E-state index in [2.05, 4.69) is 72.4 Å². The minimum absolute atomic E-state index is 0.245. The van der Waals surface area contributed by atoms with Gasteiger partial charge in [0, 0.05) is 6.42 Å². The zero-order chi connectivity index (χ0) is 23.0. The molecule has 0 bridgehead atoms. The van der Waals surface area contributed by atoms with E-state index in [1.807, 2.05) is 0 Å². The van der Waals surface area contributed by atoms with E-state index >= 15 is 0 Å². The maximum absolute atomic E-state index is 10.2.